The second-order valence-corrected chi connectivity index (χ2v) is 5.34. The molecule has 108 valence electrons. The van der Waals surface area contributed by atoms with Gasteiger partial charge in [0.15, 0.2) is 0 Å². The third-order valence-electron chi connectivity index (χ3n) is 3.58. The summed E-state index contributed by atoms with van der Waals surface area (Å²) in [6, 6.07) is 3.93. The average molecular weight is 299 g/mol. The van der Waals surface area contributed by atoms with E-state index in [4.69, 9.17) is 11.6 Å². The van der Waals surface area contributed by atoms with Gasteiger partial charge in [0.25, 0.3) is 5.69 Å². The molecule has 1 aliphatic carbocycles. The van der Waals surface area contributed by atoms with Crippen LogP contribution in [0, 0.1) is 16.0 Å². The number of benzene rings is 1. The van der Waals surface area contributed by atoms with Crippen LogP contribution in [-0.2, 0) is 4.79 Å². The average Bonchev–Trinajstić information content (AvgIpc) is 2.38. The van der Waals surface area contributed by atoms with Crippen LogP contribution in [0.15, 0.2) is 18.2 Å². The Morgan fingerprint density at radius 2 is 2.10 bits per heavy atom. The topological polar surface area (TPSA) is 92.5 Å². The number of nitro benzene ring substituents is 1. The van der Waals surface area contributed by atoms with E-state index in [1.165, 1.54) is 18.2 Å². The van der Waals surface area contributed by atoms with Crippen LogP contribution in [0.2, 0.25) is 5.02 Å². The van der Waals surface area contributed by atoms with E-state index >= 15 is 0 Å². The number of anilines is 1. The molecular weight excluding hydrogens is 284 g/mol. The number of hydrogen-bond acceptors (Lipinski definition) is 4. The largest absolute Gasteiger partial charge is 0.481 e. The molecule has 0 spiro atoms. The first kappa shape index (κ1) is 14.6. The van der Waals surface area contributed by atoms with Gasteiger partial charge in [-0.05, 0) is 25.0 Å². The molecule has 0 saturated heterocycles. The first-order valence-electron chi connectivity index (χ1n) is 6.42. The molecule has 2 N–H and O–H groups in total. The van der Waals surface area contributed by atoms with Crippen LogP contribution in [0.3, 0.4) is 0 Å². The minimum absolute atomic E-state index is 0.0934. The first-order valence-corrected chi connectivity index (χ1v) is 6.80. The van der Waals surface area contributed by atoms with Crippen molar-refractivity contribution in [1.82, 2.24) is 0 Å². The number of nitrogens with zero attached hydrogens (tertiary/aromatic N) is 1. The molecule has 1 aromatic carbocycles. The summed E-state index contributed by atoms with van der Waals surface area (Å²) in [5.74, 6) is -1.39. The number of nitrogens with one attached hydrogen (secondary N) is 1. The van der Waals surface area contributed by atoms with Gasteiger partial charge in [0.2, 0.25) is 0 Å². The summed E-state index contributed by atoms with van der Waals surface area (Å²) in [4.78, 5) is 21.7. The van der Waals surface area contributed by atoms with E-state index in [0.29, 0.717) is 17.9 Å². The van der Waals surface area contributed by atoms with Crippen molar-refractivity contribution in [3.63, 3.8) is 0 Å². The fraction of sp³-hybridized carbons (Fsp3) is 0.462. The standard InChI is InChI=1S/C13H15ClN2O4/c14-8-5-6-12(16(19)20)11(7-8)15-10-4-2-1-3-9(10)13(17)18/h5-7,9-10,15H,1-4H2,(H,17,18). The van der Waals surface area contributed by atoms with Crippen LogP contribution in [0.5, 0.6) is 0 Å². The Morgan fingerprint density at radius 1 is 1.40 bits per heavy atom. The van der Waals surface area contributed by atoms with Crippen LogP contribution >= 0.6 is 11.6 Å². The second kappa shape index (κ2) is 6.09. The van der Waals surface area contributed by atoms with Crippen molar-refractivity contribution < 1.29 is 14.8 Å². The van der Waals surface area contributed by atoms with Crippen molar-refractivity contribution in [3.05, 3.63) is 33.3 Å². The summed E-state index contributed by atoms with van der Waals surface area (Å²) in [7, 11) is 0. The van der Waals surface area contributed by atoms with Crippen LogP contribution in [-0.4, -0.2) is 22.0 Å². The Bertz CT molecular complexity index is 535. The molecule has 1 saturated carbocycles. The predicted molar refractivity (Wildman–Crippen MR) is 75.1 cm³/mol. The molecule has 0 aliphatic heterocycles. The van der Waals surface area contributed by atoms with Crippen LogP contribution < -0.4 is 5.32 Å². The Kier molecular flexibility index (Phi) is 4.44. The highest BCUT2D eigenvalue weighted by atomic mass is 35.5. The van der Waals surface area contributed by atoms with Gasteiger partial charge in [0, 0.05) is 17.1 Å². The van der Waals surface area contributed by atoms with E-state index in [2.05, 4.69) is 5.32 Å². The highest BCUT2D eigenvalue weighted by molar-refractivity contribution is 6.31. The maximum atomic E-state index is 11.2. The van der Waals surface area contributed by atoms with Crippen molar-refractivity contribution >= 4 is 28.9 Å². The van der Waals surface area contributed by atoms with E-state index in [9.17, 15) is 20.0 Å². The van der Waals surface area contributed by atoms with Gasteiger partial charge >= 0.3 is 5.97 Å². The maximum absolute atomic E-state index is 11.2. The summed E-state index contributed by atoms with van der Waals surface area (Å²) >= 11 is 5.86. The zero-order valence-corrected chi connectivity index (χ0v) is 11.5. The second-order valence-electron chi connectivity index (χ2n) is 4.90. The van der Waals surface area contributed by atoms with Gasteiger partial charge in [-0.1, -0.05) is 24.4 Å². The summed E-state index contributed by atoms with van der Waals surface area (Å²) < 4.78 is 0. The van der Waals surface area contributed by atoms with Gasteiger partial charge < -0.3 is 10.4 Å². The molecule has 0 radical (unpaired) electrons. The molecule has 2 atom stereocenters. The van der Waals surface area contributed by atoms with Gasteiger partial charge in [-0.3, -0.25) is 14.9 Å². The Morgan fingerprint density at radius 3 is 2.75 bits per heavy atom. The monoisotopic (exact) mass is 298 g/mol. The Hall–Kier alpha value is -1.82. The lowest BCUT2D eigenvalue weighted by molar-refractivity contribution is -0.384. The lowest BCUT2D eigenvalue weighted by atomic mass is 9.84. The molecule has 1 aromatic rings. The van der Waals surface area contributed by atoms with Gasteiger partial charge in [-0.2, -0.15) is 0 Å². The summed E-state index contributed by atoms with van der Waals surface area (Å²) in [5, 5.41) is 23.6. The molecule has 0 aromatic heterocycles. The Balaban J connectivity index is 2.25. The van der Waals surface area contributed by atoms with E-state index in [-0.39, 0.29) is 17.4 Å². The van der Waals surface area contributed by atoms with Crippen molar-refractivity contribution in [2.24, 2.45) is 5.92 Å². The minimum atomic E-state index is -0.869. The fourth-order valence-electron chi connectivity index (χ4n) is 2.58. The van der Waals surface area contributed by atoms with E-state index < -0.39 is 16.8 Å². The molecule has 20 heavy (non-hydrogen) atoms. The lowest BCUT2D eigenvalue weighted by Crippen LogP contribution is -2.37. The minimum Gasteiger partial charge on any atom is -0.481 e. The molecule has 1 aliphatic rings. The summed E-state index contributed by atoms with van der Waals surface area (Å²) in [6.07, 6.45) is 3.05. The number of halogens is 1. The van der Waals surface area contributed by atoms with Crippen LogP contribution in [0.25, 0.3) is 0 Å². The van der Waals surface area contributed by atoms with Crippen LogP contribution in [0.4, 0.5) is 11.4 Å². The van der Waals surface area contributed by atoms with E-state index in [1.807, 2.05) is 0 Å². The van der Waals surface area contributed by atoms with Gasteiger partial charge in [-0.25, -0.2) is 0 Å². The molecule has 7 heteroatoms. The SMILES string of the molecule is O=C(O)C1CCCCC1Nc1cc(Cl)ccc1[N+](=O)[O-]. The molecule has 0 bridgehead atoms. The van der Waals surface area contributed by atoms with Crippen molar-refractivity contribution in [1.29, 1.82) is 0 Å². The fourth-order valence-corrected chi connectivity index (χ4v) is 2.75. The number of carboxylic acids is 1. The number of rotatable bonds is 4. The van der Waals surface area contributed by atoms with Gasteiger partial charge in [0.1, 0.15) is 5.69 Å². The normalized spacial score (nSPS) is 22.2. The van der Waals surface area contributed by atoms with E-state index in [1.54, 1.807) is 0 Å². The molecule has 2 rings (SSSR count). The number of nitro groups is 1. The van der Waals surface area contributed by atoms with Crippen LogP contribution in [0.1, 0.15) is 25.7 Å². The smallest absolute Gasteiger partial charge is 0.308 e. The van der Waals surface area contributed by atoms with Gasteiger partial charge in [-0.15, -0.1) is 0 Å². The van der Waals surface area contributed by atoms with Crippen molar-refractivity contribution in [2.75, 3.05) is 5.32 Å². The van der Waals surface area contributed by atoms with E-state index in [0.717, 1.165) is 12.8 Å². The zero-order valence-electron chi connectivity index (χ0n) is 10.7. The molecule has 0 amide bonds. The molecular formula is C13H15ClN2O4. The predicted octanol–water partition coefficient (Wildman–Crippen LogP) is 3.30. The number of carbonyl (C=O) groups is 1. The molecule has 2 unspecified atom stereocenters. The third-order valence-corrected chi connectivity index (χ3v) is 3.81. The number of aliphatic carboxylic acids is 1. The highest BCUT2D eigenvalue weighted by Crippen LogP contribution is 2.33. The lowest BCUT2D eigenvalue weighted by Gasteiger charge is -2.29. The van der Waals surface area contributed by atoms with Crippen molar-refractivity contribution in [2.45, 2.75) is 31.7 Å². The van der Waals surface area contributed by atoms with Gasteiger partial charge in [0.05, 0.1) is 10.8 Å². The Labute approximate surface area is 120 Å². The maximum Gasteiger partial charge on any atom is 0.308 e. The number of hydrogen-bond donors (Lipinski definition) is 2. The zero-order chi connectivity index (χ0) is 14.7. The molecule has 0 heterocycles. The molecule has 6 nitrogen and oxygen atoms in total. The number of carboxylic acid groups (broad SMARTS) is 1. The summed E-state index contributed by atoms with van der Waals surface area (Å²) in [6.45, 7) is 0. The summed E-state index contributed by atoms with van der Waals surface area (Å²) in [5.41, 5.74) is 0.185. The third kappa shape index (κ3) is 3.19. The molecule has 1 fully saturated rings. The highest BCUT2D eigenvalue weighted by Gasteiger charge is 2.32. The first-order chi connectivity index (χ1) is 9.49. The quantitative estimate of drug-likeness (QED) is 0.657. The van der Waals surface area contributed by atoms with Crippen molar-refractivity contribution in [3.8, 4) is 0 Å².